The number of aryl methyl sites for hydroxylation is 1. The van der Waals surface area contributed by atoms with E-state index in [4.69, 9.17) is 0 Å². The molecule has 1 unspecified atom stereocenters. The molecule has 3 aromatic rings. The van der Waals surface area contributed by atoms with Gasteiger partial charge in [0.05, 0.1) is 5.75 Å². The summed E-state index contributed by atoms with van der Waals surface area (Å²) in [4.78, 5) is 28.8. The average Bonchev–Trinajstić information content (AvgIpc) is 2.86. The van der Waals surface area contributed by atoms with Crippen LogP contribution in [-0.4, -0.2) is 35.1 Å². The summed E-state index contributed by atoms with van der Waals surface area (Å²) < 4.78 is 0. The van der Waals surface area contributed by atoms with Gasteiger partial charge in [0.25, 0.3) is 0 Å². The quantitative estimate of drug-likeness (QED) is 0.359. The van der Waals surface area contributed by atoms with E-state index in [9.17, 15) is 9.59 Å². The zero-order chi connectivity index (χ0) is 25.0. The van der Waals surface area contributed by atoms with Crippen LogP contribution in [0.15, 0.2) is 84.9 Å². The van der Waals surface area contributed by atoms with E-state index in [2.05, 4.69) is 37.4 Å². The molecule has 0 radical (unpaired) electrons. The van der Waals surface area contributed by atoms with Crippen molar-refractivity contribution >= 4 is 23.6 Å². The second-order valence-corrected chi connectivity index (χ2v) is 10.3. The van der Waals surface area contributed by atoms with Crippen LogP contribution in [0.5, 0.6) is 0 Å². The molecule has 3 rings (SSSR count). The van der Waals surface area contributed by atoms with Crippen molar-refractivity contribution in [2.24, 2.45) is 5.92 Å². The first kappa shape index (κ1) is 26.6. The Hall–Kier alpha value is -3.05. The van der Waals surface area contributed by atoms with E-state index in [1.165, 1.54) is 5.56 Å². The molecule has 0 saturated carbocycles. The minimum absolute atomic E-state index is 0.0203. The molecule has 4 nitrogen and oxygen atoms in total. The lowest BCUT2D eigenvalue weighted by Gasteiger charge is -2.32. The number of thioether (sulfide) groups is 1. The molecule has 35 heavy (non-hydrogen) atoms. The largest absolute Gasteiger partial charge is 0.354 e. The van der Waals surface area contributed by atoms with Crippen LogP contribution in [0.1, 0.15) is 36.1 Å². The first-order valence-corrected chi connectivity index (χ1v) is 13.4. The van der Waals surface area contributed by atoms with Crippen molar-refractivity contribution in [1.82, 2.24) is 10.2 Å². The van der Waals surface area contributed by atoms with E-state index < -0.39 is 6.04 Å². The maximum Gasteiger partial charge on any atom is 0.243 e. The molecule has 0 saturated heterocycles. The number of amides is 2. The van der Waals surface area contributed by atoms with Gasteiger partial charge < -0.3 is 10.2 Å². The second-order valence-electron chi connectivity index (χ2n) is 9.33. The molecule has 0 spiro atoms. The summed E-state index contributed by atoms with van der Waals surface area (Å²) in [6.45, 7) is 7.17. The summed E-state index contributed by atoms with van der Waals surface area (Å²) >= 11 is 1.59. The minimum Gasteiger partial charge on any atom is -0.354 e. The van der Waals surface area contributed by atoms with Gasteiger partial charge in [0.15, 0.2) is 0 Å². The van der Waals surface area contributed by atoms with E-state index in [0.717, 1.165) is 22.4 Å². The topological polar surface area (TPSA) is 49.4 Å². The van der Waals surface area contributed by atoms with Crippen LogP contribution < -0.4 is 5.32 Å². The van der Waals surface area contributed by atoms with Crippen molar-refractivity contribution in [1.29, 1.82) is 0 Å². The van der Waals surface area contributed by atoms with Crippen molar-refractivity contribution in [3.63, 3.8) is 0 Å². The van der Waals surface area contributed by atoms with Gasteiger partial charge in [-0.15, -0.1) is 11.8 Å². The number of rotatable bonds is 12. The van der Waals surface area contributed by atoms with E-state index in [-0.39, 0.29) is 11.8 Å². The Morgan fingerprint density at radius 3 is 2.11 bits per heavy atom. The molecule has 1 atom stereocenters. The number of carbonyl (C=O) groups is 2. The third-order valence-electron chi connectivity index (χ3n) is 5.73. The fraction of sp³-hybridized carbons (Fsp3) is 0.333. The van der Waals surface area contributed by atoms with Gasteiger partial charge in [-0.3, -0.25) is 9.59 Å². The van der Waals surface area contributed by atoms with Crippen LogP contribution in [0.25, 0.3) is 0 Å². The standard InChI is InChI=1S/C30H36N2O2S/c1-23(2)19-31-30(34)28(18-25-12-6-4-7-13-25)32(20-27-16-10-11-24(3)17-27)29(33)22-35-21-26-14-8-5-9-15-26/h4-17,23,28H,18-22H2,1-3H3,(H,31,34). The Kier molecular flexibility index (Phi) is 10.4. The first-order valence-electron chi connectivity index (χ1n) is 12.2. The Morgan fingerprint density at radius 2 is 1.49 bits per heavy atom. The number of hydrogen-bond acceptors (Lipinski definition) is 3. The van der Waals surface area contributed by atoms with Crippen molar-refractivity contribution in [3.05, 3.63) is 107 Å². The number of benzene rings is 3. The first-order chi connectivity index (χ1) is 16.9. The maximum atomic E-state index is 13.6. The molecule has 0 aliphatic carbocycles. The number of nitrogens with one attached hydrogen (secondary N) is 1. The maximum absolute atomic E-state index is 13.6. The second kappa shape index (κ2) is 13.7. The fourth-order valence-electron chi connectivity index (χ4n) is 3.90. The number of nitrogens with zero attached hydrogens (tertiary/aromatic N) is 1. The Bertz CT molecular complexity index is 1070. The van der Waals surface area contributed by atoms with Crippen LogP contribution in [0, 0.1) is 12.8 Å². The molecule has 0 aliphatic heterocycles. The molecule has 0 fully saturated rings. The average molecular weight is 489 g/mol. The van der Waals surface area contributed by atoms with Gasteiger partial charge in [0.2, 0.25) is 11.8 Å². The molecule has 3 aromatic carbocycles. The van der Waals surface area contributed by atoms with Gasteiger partial charge in [-0.25, -0.2) is 0 Å². The van der Waals surface area contributed by atoms with Gasteiger partial charge in [-0.1, -0.05) is 104 Å². The summed E-state index contributed by atoms with van der Waals surface area (Å²) in [6, 6.07) is 27.7. The molecule has 0 bridgehead atoms. The van der Waals surface area contributed by atoms with Crippen molar-refractivity contribution in [2.45, 2.75) is 45.5 Å². The lowest BCUT2D eigenvalue weighted by Crippen LogP contribution is -2.51. The molecule has 5 heteroatoms. The highest BCUT2D eigenvalue weighted by Gasteiger charge is 2.30. The fourth-order valence-corrected chi connectivity index (χ4v) is 4.77. The summed E-state index contributed by atoms with van der Waals surface area (Å²) in [5.41, 5.74) is 4.39. The monoisotopic (exact) mass is 488 g/mol. The summed E-state index contributed by atoms with van der Waals surface area (Å²) in [7, 11) is 0. The van der Waals surface area contributed by atoms with E-state index in [1.807, 2.05) is 73.7 Å². The van der Waals surface area contributed by atoms with Crippen LogP contribution >= 0.6 is 11.8 Å². The third kappa shape index (κ3) is 8.91. The van der Waals surface area contributed by atoms with Gasteiger partial charge in [0.1, 0.15) is 6.04 Å². The molecule has 0 aromatic heterocycles. The molecule has 0 aliphatic rings. The highest BCUT2D eigenvalue weighted by atomic mass is 32.2. The molecule has 0 heterocycles. The Morgan fingerprint density at radius 1 is 0.857 bits per heavy atom. The lowest BCUT2D eigenvalue weighted by molar-refractivity contribution is -0.139. The molecular formula is C30H36N2O2S. The number of carbonyl (C=O) groups excluding carboxylic acids is 2. The smallest absolute Gasteiger partial charge is 0.243 e. The highest BCUT2D eigenvalue weighted by Crippen LogP contribution is 2.19. The zero-order valence-corrected chi connectivity index (χ0v) is 21.8. The van der Waals surface area contributed by atoms with Crippen molar-refractivity contribution < 1.29 is 9.59 Å². The Balaban J connectivity index is 1.84. The third-order valence-corrected chi connectivity index (χ3v) is 6.72. The predicted octanol–water partition coefficient (Wildman–Crippen LogP) is 5.64. The lowest BCUT2D eigenvalue weighted by atomic mass is 10.0. The predicted molar refractivity (Wildman–Crippen MR) is 146 cm³/mol. The number of hydrogen-bond donors (Lipinski definition) is 1. The van der Waals surface area contributed by atoms with Crippen LogP contribution in [0.3, 0.4) is 0 Å². The van der Waals surface area contributed by atoms with E-state index >= 15 is 0 Å². The van der Waals surface area contributed by atoms with Crippen LogP contribution in [-0.2, 0) is 28.3 Å². The van der Waals surface area contributed by atoms with Crippen molar-refractivity contribution in [3.8, 4) is 0 Å². The molecule has 1 N–H and O–H groups in total. The summed E-state index contributed by atoms with van der Waals surface area (Å²) in [5.74, 6) is 1.29. The summed E-state index contributed by atoms with van der Waals surface area (Å²) in [6.07, 6.45) is 0.478. The van der Waals surface area contributed by atoms with Gasteiger partial charge in [0, 0.05) is 25.3 Å². The highest BCUT2D eigenvalue weighted by molar-refractivity contribution is 7.99. The van der Waals surface area contributed by atoms with Crippen molar-refractivity contribution in [2.75, 3.05) is 12.3 Å². The van der Waals surface area contributed by atoms with Gasteiger partial charge in [-0.05, 0) is 29.5 Å². The normalized spacial score (nSPS) is 11.8. The van der Waals surface area contributed by atoms with Crippen LogP contribution in [0.4, 0.5) is 0 Å². The summed E-state index contributed by atoms with van der Waals surface area (Å²) in [5, 5.41) is 3.08. The molecular weight excluding hydrogens is 452 g/mol. The molecule has 184 valence electrons. The Labute approximate surface area is 214 Å². The SMILES string of the molecule is Cc1cccc(CN(C(=O)CSCc2ccccc2)C(Cc2ccccc2)C(=O)NCC(C)C)c1. The minimum atomic E-state index is -0.582. The van der Waals surface area contributed by atoms with E-state index in [0.29, 0.717) is 31.2 Å². The van der Waals surface area contributed by atoms with E-state index in [1.54, 1.807) is 16.7 Å². The van der Waals surface area contributed by atoms with Gasteiger partial charge >= 0.3 is 0 Å². The van der Waals surface area contributed by atoms with Gasteiger partial charge in [-0.2, -0.15) is 0 Å². The van der Waals surface area contributed by atoms with Crippen LogP contribution in [0.2, 0.25) is 0 Å². The zero-order valence-electron chi connectivity index (χ0n) is 20.9. The molecule has 2 amide bonds.